The molecular weight excluding hydrogens is 234 g/mol. The third-order valence-electron chi connectivity index (χ3n) is 4.09. The van der Waals surface area contributed by atoms with Crippen LogP contribution in [0.3, 0.4) is 0 Å². The highest BCUT2D eigenvalue weighted by Crippen LogP contribution is 2.41. The van der Waals surface area contributed by atoms with Crippen LogP contribution in [0, 0.1) is 5.92 Å². The quantitative estimate of drug-likeness (QED) is 0.743. The molecule has 0 N–H and O–H groups in total. The lowest BCUT2D eigenvalue weighted by Gasteiger charge is -2.44. The molecule has 0 radical (unpaired) electrons. The molecule has 0 aromatic carbocycles. The van der Waals surface area contributed by atoms with Crippen LogP contribution in [-0.4, -0.2) is 63.5 Å². The first-order valence-corrected chi connectivity index (χ1v) is 6.61. The van der Waals surface area contributed by atoms with Crippen molar-refractivity contribution in [2.75, 3.05) is 47.1 Å². The van der Waals surface area contributed by atoms with Crippen LogP contribution in [0.5, 0.6) is 0 Å². The first-order valence-electron chi connectivity index (χ1n) is 6.61. The van der Waals surface area contributed by atoms with Crippen LogP contribution in [0.15, 0.2) is 0 Å². The maximum absolute atomic E-state index is 11.9. The summed E-state index contributed by atoms with van der Waals surface area (Å²) in [6.07, 6.45) is 3.30. The van der Waals surface area contributed by atoms with Crippen molar-refractivity contribution in [3.8, 4) is 0 Å². The van der Waals surface area contributed by atoms with Crippen molar-refractivity contribution in [1.29, 1.82) is 0 Å². The average molecular weight is 257 g/mol. The van der Waals surface area contributed by atoms with Crippen molar-refractivity contribution in [1.82, 2.24) is 4.90 Å². The van der Waals surface area contributed by atoms with Gasteiger partial charge >= 0.3 is 0 Å². The topological polar surface area (TPSA) is 48.0 Å². The fourth-order valence-corrected chi connectivity index (χ4v) is 3.18. The Labute approximate surface area is 108 Å². The first kappa shape index (κ1) is 13.8. The molecule has 1 heterocycles. The van der Waals surface area contributed by atoms with Gasteiger partial charge in [-0.25, -0.2) is 0 Å². The monoisotopic (exact) mass is 257 g/mol. The van der Waals surface area contributed by atoms with Gasteiger partial charge in [-0.1, -0.05) is 6.42 Å². The number of carbonyl (C=O) groups is 1. The second-order valence-electron chi connectivity index (χ2n) is 5.21. The number of hydrogen-bond acceptors (Lipinski definition) is 4. The zero-order chi connectivity index (χ0) is 13.0. The molecular formula is C13H23NO4. The molecule has 2 fully saturated rings. The summed E-state index contributed by atoms with van der Waals surface area (Å²) in [4.78, 5) is 13.8. The number of morpholine rings is 1. The van der Waals surface area contributed by atoms with Crippen LogP contribution < -0.4 is 0 Å². The smallest absolute Gasteiger partial charge is 0.248 e. The summed E-state index contributed by atoms with van der Waals surface area (Å²) in [7, 11) is 3.28. The van der Waals surface area contributed by atoms with E-state index in [1.165, 1.54) is 0 Å². The standard InChI is InChI=1S/C13H23NO4/c1-16-8-11-4-3-5-13(11)10-14(6-7-18-13)12(15)9-17-2/h11H,3-10H2,1-2H3/t11-,13+/m0/s1. The van der Waals surface area contributed by atoms with Crippen molar-refractivity contribution < 1.29 is 19.0 Å². The van der Waals surface area contributed by atoms with Crippen LogP contribution in [0.1, 0.15) is 19.3 Å². The molecule has 5 nitrogen and oxygen atoms in total. The number of rotatable bonds is 4. The highest BCUT2D eigenvalue weighted by molar-refractivity contribution is 5.77. The first-order chi connectivity index (χ1) is 8.72. The van der Waals surface area contributed by atoms with Gasteiger partial charge in [-0.15, -0.1) is 0 Å². The molecule has 1 amide bonds. The van der Waals surface area contributed by atoms with E-state index >= 15 is 0 Å². The lowest BCUT2D eigenvalue weighted by molar-refractivity contribution is -0.163. The van der Waals surface area contributed by atoms with Gasteiger partial charge in [-0.2, -0.15) is 0 Å². The van der Waals surface area contributed by atoms with Crippen molar-refractivity contribution in [3.63, 3.8) is 0 Å². The summed E-state index contributed by atoms with van der Waals surface area (Å²) in [5.74, 6) is 0.462. The van der Waals surface area contributed by atoms with Gasteiger partial charge in [0.15, 0.2) is 0 Å². The van der Waals surface area contributed by atoms with Crippen LogP contribution in [0.25, 0.3) is 0 Å². The molecule has 2 atom stereocenters. The zero-order valence-electron chi connectivity index (χ0n) is 11.3. The van der Waals surface area contributed by atoms with Gasteiger partial charge in [0.05, 0.1) is 25.4 Å². The minimum atomic E-state index is -0.183. The highest BCUT2D eigenvalue weighted by Gasteiger charge is 2.47. The summed E-state index contributed by atoms with van der Waals surface area (Å²) >= 11 is 0. The Morgan fingerprint density at radius 2 is 2.28 bits per heavy atom. The Morgan fingerprint density at radius 1 is 1.44 bits per heavy atom. The lowest BCUT2D eigenvalue weighted by atomic mass is 9.89. The molecule has 2 rings (SSSR count). The lowest BCUT2D eigenvalue weighted by Crippen LogP contribution is -2.56. The molecule has 0 aromatic rings. The molecule has 1 saturated carbocycles. The van der Waals surface area contributed by atoms with Gasteiger partial charge in [0.2, 0.25) is 5.91 Å². The Balaban J connectivity index is 2.02. The van der Waals surface area contributed by atoms with E-state index in [2.05, 4.69) is 0 Å². The Morgan fingerprint density at radius 3 is 3.00 bits per heavy atom. The normalized spacial score (nSPS) is 32.1. The SMILES string of the molecule is COCC(=O)N1CCO[C@]2(CCC[C@H]2COC)C1. The molecule has 104 valence electrons. The van der Waals surface area contributed by atoms with E-state index in [1.54, 1.807) is 14.2 Å². The molecule has 0 unspecified atom stereocenters. The third-order valence-corrected chi connectivity index (χ3v) is 4.09. The number of nitrogens with zero attached hydrogens (tertiary/aromatic N) is 1. The van der Waals surface area contributed by atoms with E-state index in [9.17, 15) is 4.79 Å². The number of amides is 1. The summed E-state index contributed by atoms with van der Waals surface area (Å²) in [6.45, 7) is 2.85. The summed E-state index contributed by atoms with van der Waals surface area (Å²) in [5, 5.41) is 0. The molecule has 0 bridgehead atoms. The fourth-order valence-electron chi connectivity index (χ4n) is 3.18. The predicted octanol–water partition coefficient (Wildman–Crippen LogP) is 0.677. The molecule has 2 aliphatic rings. The van der Waals surface area contributed by atoms with E-state index in [-0.39, 0.29) is 18.1 Å². The summed E-state index contributed by atoms with van der Waals surface area (Å²) in [5.41, 5.74) is -0.183. The Hall–Kier alpha value is -0.650. The molecule has 1 aliphatic carbocycles. The second-order valence-corrected chi connectivity index (χ2v) is 5.21. The molecule has 5 heteroatoms. The number of hydrogen-bond donors (Lipinski definition) is 0. The van der Waals surface area contributed by atoms with Crippen LogP contribution >= 0.6 is 0 Å². The number of ether oxygens (including phenoxy) is 3. The Kier molecular flexibility index (Phi) is 4.59. The molecule has 1 aliphatic heterocycles. The second kappa shape index (κ2) is 5.99. The minimum Gasteiger partial charge on any atom is -0.384 e. The van der Waals surface area contributed by atoms with Crippen LogP contribution in [0.4, 0.5) is 0 Å². The van der Waals surface area contributed by atoms with Gasteiger partial charge in [0.25, 0.3) is 0 Å². The van der Waals surface area contributed by atoms with Gasteiger partial charge in [-0.05, 0) is 12.8 Å². The van der Waals surface area contributed by atoms with E-state index in [1.807, 2.05) is 4.90 Å². The van der Waals surface area contributed by atoms with E-state index in [4.69, 9.17) is 14.2 Å². The third kappa shape index (κ3) is 2.68. The molecule has 1 saturated heterocycles. The van der Waals surface area contributed by atoms with Crippen molar-refractivity contribution in [2.45, 2.75) is 24.9 Å². The largest absolute Gasteiger partial charge is 0.384 e. The van der Waals surface area contributed by atoms with Crippen LogP contribution in [0.2, 0.25) is 0 Å². The average Bonchev–Trinajstić information content (AvgIpc) is 2.73. The Bertz CT molecular complexity index is 297. The molecule has 18 heavy (non-hydrogen) atoms. The van der Waals surface area contributed by atoms with Gasteiger partial charge in [-0.3, -0.25) is 4.79 Å². The summed E-state index contributed by atoms with van der Waals surface area (Å²) < 4.78 is 16.2. The number of carbonyl (C=O) groups excluding carboxylic acids is 1. The maximum Gasteiger partial charge on any atom is 0.248 e. The highest BCUT2D eigenvalue weighted by atomic mass is 16.5. The molecule has 1 spiro atoms. The minimum absolute atomic E-state index is 0.0586. The van der Waals surface area contributed by atoms with Gasteiger partial charge in [0.1, 0.15) is 6.61 Å². The van der Waals surface area contributed by atoms with E-state index < -0.39 is 0 Å². The number of methoxy groups -OCH3 is 2. The van der Waals surface area contributed by atoms with E-state index in [0.717, 1.165) is 19.3 Å². The van der Waals surface area contributed by atoms with Crippen molar-refractivity contribution in [3.05, 3.63) is 0 Å². The van der Waals surface area contributed by atoms with Crippen LogP contribution in [-0.2, 0) is 19.0 Å². The van der Waals surface area contributed by atoms with Gasteiger partial charge in [0, 0.05) is 26.7 Å². The summed E-state index contributed by atoms with van der Waals surface area (Å²) in [6, 6.07) is 0. The van der Waals surface area contributed by atoms with E-state index in [0.29, 0.717) is 32.2 Å². The molecule has 0 aromatic heterocycles. The zero-order valence-corrected chi connectivity index (χ0v) is 11.3. The predicted molar refractivity (Wildman–Crippen MR) is 66.4 cm³/mol. The maximum atomic E-state index is 11.9. The van der Waals surface area contributed by atoms with Crippen molar-refractivity contribution >= 4 is 5.91 Å². The van der Waals surface area contributed by atoms with Crippen molar-refractivity contribution in [2.24, 2.45) is 5.92 Å². The van der Waals surface area contributed by atoms with Gasteiger partial charge < -0.3 is 19.1 Å². The fraction of sp³-hybridized carbons (Fsp3) is 0.923.